The van der Waals surface area contributed by atoms with E-state index in [9.17, 15) is 18.0 Å². The summed E-state index contributed by atoms with van der Waals surface area (Å²) in [6.07, 6.45) is 4.77. The lowest BCUT2D eigenvalue weighted by atomic mass is 10.0. The number of amides is 2. The van der Waals surface area contributed by atoms with Crippen LogP contribution < -0.4 is 4.90 Å². The highest BCUT2D eigenvalue weighted by Crippen LogP contribution is 2.41. The molecule has 1 fully saturated rings. The Morgan fingerprint density at radius 2 is 1.81 bits per heavy atom. The number of thiophene rings is 1. The number of rotatable bonds is 3. The van der Waals surface area contributed by atoms with Crippen LogP contribution in [0.1, 0.15) is 46.5 Å². The highest BCUT2D eigenvalue weighted by Gasteiger charge is 2.38. The van der Waals surface area contributed by atoms with Crippen molar-refractivity contribution in [2.24, 2.45) is 5.92 Å². The first-order valence-electron chi connectivity index (χ1n) is 9.42. The molecule has 0 N–H and O–H groups in total. The standard InChI is InChI=1S/C18H25N3O4S2/c1-19-10-15(22)20(2)18-16(17(19)23)13-7-8-21(9-14(13)26-18)27(24,25)11-12-5-3-4-6-12/h12H,3-11H2,1-2H3. The van der Waals surface area contributed by atoms with Crippen LogP contribution in [-0.2, 0) is 27.8 Å². The minimum atomic E-state index is -3.30. The van der Waals surface area contributed by atoms with E-state index in [-0.39, 0.29) is 30.0 Å². The molecular weight excluding hydrogens is 386 g/mol. The van der Waals surface area contributed by atoms with Crippen molar-refractivity contribution in [3.63, 3.8) is 0 Å². The Balaban J connectivity index is 1.63. The number of sulfonamides is 1. The van der Waals surface area contributed by atoms with Gasteiger partial charge in [0, 0.05) is 32.1 Å². The SMILES string of the molecule is CN1CC(=O)N(C)c2sc3c(c2C1=O)CCN(S(=O)(=O)CC1CCCC1)C3. The van der Waals surface area contributed by atoms with Crippen molar-refractivity contribution in [1.29, 1.82) is 0 Å². The van der Waals surface area contributed by atoms with Gasteiger partial charge in [0.05, 0.1) is 11.3 Å². The molecule has 0 saturated heterocycles. The van der Waals surface area contributed by atoms with E-state index in [0.717, 1.165) is 36.1 Å². The van der Waals surface area contributed by atoms with Crippen molar-refractivity contribution in [3.8, 4) is 0 Å². The topological polar surface area (TPSA) is 78.0 Å². The van der Waals surface area contributed by atoms with Gasteiger partial charge in [-0.1, -0.05) is 12.8 Å². The van der Waals surface area contributed by atoms with Gasteiger partial charge in [0.1, 0.15) is 11.5 Å². The lowest BCUT2D eigenvalue weighted by molar-refractivity contribution is -0.118. The molecule has 0 radical (unpaired) electrons. The van der Waals surface area contributed by atoms with Crippen molar-refractivity contribution in [1.82, 2.24) is 9.21 Å². The molecule has 9 heteroatoms. The van der Waals surface area contributed by atoms with Crippen LogP contribution in [0.25, 0.3) is 0 Å². The quantitative estimate of drug-likeness (QED) is 0.758. The van der Waals surface area contributed by atoms with Crippen LogP contribution in [0.2, 0.25) is 0 Å². The molecule has 2 amide bonds. The third kappa shape index (κ3) is 3.30. The van der Waals surface area contributed by atoms with Crippen LogP contribution in [0.15, 0.2) is 0 Å². The van der Waals surface area contributed by atoms with Crippen LogP contribution in [0.4, 0.5) is 5.00 Å². The summed E-state index contributed by atoms with van der Waals surface area (Å²) in [6.45, 7) is 0.772. The van der Waals surface area contributed by atoms with E-state index >= 15 is 0 Å². The first kappa shape index (κ1) is 18.9. The number of fused-ring (bicyclic) bond motifs is 3. The predicted molar refractivity (Wildman–Crippen MR) is 105 cm³/mol. The van der Waals surface area contributed by atoms with E-state index in [1.807, 2.05) is 0 Å². The fourth-order valence-corrected chi connectivity index (χ4v) is 7.57. The second-order valence-corrected chi connectivity index (χ2v) is 10.9. The molecule has 27 heavy (non-hydrogen) atoms. The Bertz CT molecular complexity index is 887. The summed E-state index contributed by atoms with van der Waals surface area (Å²) in [6, 6.07) is 0. The van der Waals surface area contributed by atoms with E-state index < -0.39 is 10.0 Å². The molecule has 1 saturated carbocycles. The van der Waals surface area contributed by atoms with Crippen LogP contribution in [0.3, 0.4) is 0 Å². The van der Waals surface area contributed by atoms with Crippen molar-refractivity contribution in [3.05, 3.63) is 16.0 Å². The van der Waals surface area contributed by atoms with Crippen molar-refractivity contribution >= 4 is 38.2 Å². The zero-order chi connectivity index (χ0) is 19.3. The summed E-state index contributed by atoms with van der Waals surface area (Å²) in [5.41, 5.74) is 1.50. The molecule has 0 spiro atoms. The Kier molecular flexibility index (Phi) is 4.80. The summed E-state index contributed by atoms with van der Waals surface area (Å²) >= 11 is 1.38. The molecule has 0 unspecified atom stereocenters. The smallest absolute Gasteiger partial charge is 0.257 e. The van der Waals surface area contributed by atoms with Gasteiger partial charge in [-0.2, -0.15) is 4.31 Å². The first-order valence-corrected chi connectivity index (χ1v) is 11.8. The largest absolute Gasteiger partial charge is 0.332 e. The molecule has 2 aliphatic heterocycles. The van der Waals surface area contributed by atoms with Gasteiger partial charge >= 0.3 is 0 Å². The normalized spacial score (nSPS) is 22.1. The van der Waals surface area contributed by atoms with Gasteiger partial charge in [-0.05, 0) is 30.7 Å². The third-order valence-corrected chi connectivity index (χ3v) is 9.21. The molecule has 0 atom stereocenters. The molecule has 3 heterocycles. The van der Waals surface area contributed by atoms with Gasteiger partial charge in [0.15, 0.2) is 0 Å². The fourth-order valence-electron chi connectivity index (χ4n) is 4.33. The van der Waals surface area contributed by atoms with Crippen LogP contribution >= 0.6 is 11.3 Å². The number of hydrogen-bond acceptors (Lipinski definition) is 5. The number of carbonyl (C=O) groups is 2. The van der Waals surface area contributed by atoms with Crippen molar-refractivity contribution < 1.29 is 18.0 Å². The van der Waals surface area contributed by atoms with Crippen molar-refractivity contribution in [2.75, 3.05) is 37.8 Å². The van der Waals surface area contributed by atoms with Crippen molar-refractivity contribution in [2.45, 2.75) is 38.6 Å². The van der Waals surface area contributed by atoms with E-state index in [1.54, 1.807) is 18.4 Å². The maximum absolute atomic E-state index is 12.9. The molecule has 7 nitrogen and oxygen atoms in total. The second-order valence-electron chi connectivity index (χ2n) is 7.81. The Morgan fingerprint density at radius 1 is 1.11 bits per heavy atom. The Hall–Kier alpha value is -1.45. The number of anilines is 1. The Morgan fingerprint density at radius 3 is 2.52 bits per heavy atom. The molecular formula is C18H25N3O4S2. The maximum atomic E-state index is 12.9. The number of likely N-dealkylation sites (N-methyl/N-ethyl adjacent to an activating group) is 2. The Labute approximate surface area is 164 Å². The molecule has 3 aliphatic rings. The molecule has 1 aliphatic carbocycles. The monoisotopic (exact) mass is 411 g/mol. The van der Waals surface area contributed by atoms with E-state index in [0.29, 0.717) is 30.1 Å². The van der Waals surface area contributed by atoms with Gasteiger partial charge in [-0.3, -0.25) is 9.59 Å². The van der Waals surface area contributed by atoms with E-state index in [2.05, 4.69) is 0 Å². The summed E-state index contributed by atoms with van der Waals surface area (Å²) in [5, 5.41) is 0.648. The number of nitrogens with zero attached hydrogens (tertiary/aromatic N) is 3. The minimum absolute atomic E-state index is 0.0629. The molecule has 1 aromatic heterocycles. The highest BCUT2D eigenvalue weighted by atomic mass is 32.2. The van der Waals surface area contributed by atoms with Crippen LogP contribution in [-0.4, -0.2) is 62.4 Å². The lowest BCUT2D eigenvalue weighted by Crippen LogP contribution is -2.39. The van der Waals surface area contributed by atoms with Gasteiger partial charge < -0.3 is 9.80 Å². The van der Waals surface area contributed by atoms with Gasteiger partial charge in [0.25, 0.3) is 5.91 Å². The molecule has 1 aromatic rings. The van der Waals surface area contributed by atoms with Gasteiger partial charge in [-0.15, -0.1) is 11.3 Å². The van der Waals surface area contributed by atoms with E-state index in [4.69, 9.17) is 0 Å². The lowest BCUT2D eigenvalue weighted by Gasteiger charge is -2.28. The molecule has 4 rings (SSSR count). The predicted octanol–water partition coefficient (Wildman–Crippen LogP) is 1.67. The highest BCUT2D eigenvalue weighted by molar-refractivity contribution is 7.89. The maximum Gasteiger partial charge on any atom is 0.257 e. The molecule has 0 aromatic carbocycles. The number of hydrogen-bond donors (Lipinski definition) is 0. The first-order chi connectivity index (χ1) is 12.8. The third-order valence-electron chi connectivity index (χ3n) is 5.93. The summed E-state index contributed by atoms with van der Waals surface area (Å²) < 4.78 is 27.3. The fraction of sp³-hybridized carbons (Fsp3) is 0.667. The zero-order valence-corrected chi connectivity index (χ0v) is 17.4. The average molecular weight is 412 g/mol. The van der Waals surface area contributed by atoms with Gasteiger partial charge in [0.2, 0.25) is 15.9 Å². The zero-order valence-electron chi connectivity index (χ0n) is 15.7. The molecule has 0 bridgehead atoms. The summed E-state index contributed by atoms with van der Waals surface area (Å²) in [5.74, 6) is 0.222. The minimum Gasteiger partial charge on any atom is -0.332 e. The van der Waals surface area contributed by atoms with E-state index in [1.165, 1.54) is 21.1 Å². The summed E-state index contributed by atoms with van der Waals surface area (Å²) in [4.78, 5) is 29.0. The van der Waals surface area contributed by atoms with Gasteiger partial charge in [-0.25, -0.2) is 8.42 Å². The average Bonchev–Trinajstić information content (AvgIpc) is 3.24. The molecule has 148 valence electrons. The van der Waals surface area contributed by atoms with Crippen LogP contribution in [0.5, 0.6) is 0 Å². The number of carbonyl (C=O) groups excluding carboxylic acids is 2. The second kappa shape index (κ2) is 6.86. The summed E-state index contributed by atoms with van der Waals surface area (Å²) in [7, 11) is 0.0155. The van der Waals surface area contributed by atoms with Crippen LogP contribution in [0, 0.1) is 5.92 Å².